The normalized spacial score (nSPS) is 21.0. The lowest BCUT2D eigenvalue weighted by Crippen LogP contribution is -2.63. The molecule has 1 aliphatic heterocycles. The number of urea groups is 1. The Morgan fingerprint density at radius 1 is 1.14 bits per heavy atom. The molecule has 1 aromatic heterocycles. The van der Waals surface area contributed by atoms with Crippen LogP contribution in [-0.2, 0) is 16.0 Å². The van der Waals surface area contributed by atoms with Gasteiger partial charge in [0.05, 0.1) is 0 Å². The summed E-state index contributed by atoms with van der Waals surface area (Å²) in [5.41, 5.74) is -0.00503. The first-order valence-electron chi connectivity index (χ1n) is 7.20. The summed E-state index contributed by atoms with van der Waals surface area (Å²) >= 11 is 0. The van der Waals surface area contributed by atoms with Crippen molar-refractivity contribution in [2.24, 2.45) is 5.41 Å². The highest BCUT2D eigenvalue weighted by Crippen LogP contribution is 2.41. The van der Waals surface area contributed by atoms with Crippen LogP contribution < -0.4 is 5.32 Å². The van der Waals surface area contributed by atoms with Crippen LogP contribution in [0.3, 0.4) is 0 Å². The number of carbonyl (C=O) groups excluding carboxylic acids is 3. The van der Waals surface area contributed by atoms with E-state index in [-0.39, 0.29) is 12.5 Å². The van der Waals surface area contributed by atoms with E-state index in [9.17, 15) is 14.4 Å². The number of hydrogen-bond donors (Lipinski definition) is 1. The number of nitrogens with one attached hydrogen (secondary N) is 1. The number of barbiturate groups is 1. The van der Waals surface area contributed by atoms with Gasteiger partial charge in [0, 0.05) is 18.9 Å². The number of hydrogen-bond acceptors (Lipinski definition) is 4. The molecule has 1 spiro atoms. The molecule has 0 atom stereocenters. The van der Waals surface area contributed by atoms with Crippen molar-refractivity contribution >= 4 is 17.8 Å². The number of imide groups is 2. The molecular weight excluding hydrogens is 270 g/mol. The van der Waals surface area contributed by atoms with Gasteiger partial charge in [0.25, 0.3) is 0 Å². The van der Waals surface area contributed by atoms with Crippen molar-refractivity contribution in [1.29, 1.82) is 0 Å². The van der Waals surface area contributed by atoms with E-state index in [1.807, 2.05) is 12.1 Å². The van der Waals surface area contributed by atoms with Crippen LogP contribution in [0.4, 0.5) is 4.79 Å². The van der Waals surface area contributed by atoms with E-state index in [2.05, 4.69) is 10.3 Å². The van der Waals surface area contributed by atoms with Crippen LogP contribution in [0.15, 0.2) is 24.5 Å². The summed E-state index contributed by atoms with van der Waals surface area (Å²) in [5, 5.41) is 2.34. The molecule has 4 amide bonds. The van der Waals surface area contributed by atoms with Gasteiger partial charge in [0.15, 0.2) is 0 Å². The van der Waals surface area contributed by atoms with Gasteiger partial charge in [-0.05, 0) is 37.0 Å². The monoisotopic (exact) mass is 287 g/mol. The molecule has 2 heterocycles. The van der Waals surface area contributed by atoms with Crippen molar-refractivity contribution in [3.05, 3.63) is 30.1 Å². The number of carbonyl (C=O) groups is 3. The molecule has 0 aromatic carbocycles. The maximum Gasteiger partial charge on any atom is 0.330 e. The molecule has 1 aliphatic carbocycles. The SMILES string of the molecule is O=C1NC(=O)C2(CCCC2)C(=O)N1CCc1ccncc1. The first kappa shape index (κ1) is 13.7. The minimum absolute atomic E-state index is 0.281. The number of rotatable bonds is 3. The van der Waals surface area contributed by atoms with Gasteiger partial charge in [0.2, 0.25) is 11.8 Å². The minimum atomic E-state index is -1.01. The number of aromatic nitrogens is 1. The van der Waals surface area contributed by atoms with Gasteiger partial charge in [0.1, 0.15) is 5.41 Å². The average molecular weight is 287 g/mol. The van der Waals surface area contributed by atoms with Gasteiger partial charge < -0.3 is 0 Å². The Bertz CT molecular complexity index is 579. The number of pyridine rings is 1. The predicted octanol–water partition coefficient (Wildman–Crippen LogP) is 1.26. The molecule has 0 radical (unpaired) electrons. The summed E-state index contributed by atoms with van der Waals surface area (Å²) in [6.45, 7) is 0.281. The smallest absolute Gasteiger partial charge is 0.277 e. The Balaban J connectivity index is 1.76. The van der Waals surface area contributed by atoms with E-state index in [4.69, 9.17) is 0 Å². The Hall–Kier alpha value is -2.24. The lowest BCUT2D eigenvalue weighted by molar-refractivity contribution is -0.151. The first-order valence-corrected chi connectivity index (χ1v) is 7.20. The molecule has 6 heteroatoms. The zero-order chi connectivity index (χ0) is 14.9. The van der Waals surface area contributed by atoms with Gasteiger partial charge in [-0.1, -0.05) is 12.8 Å². The molecule has 21 heavy (non-hydrogen) atoms. The molecular formula is C15H17N3O3. The van der Waals surface area contributed by atoms with Crippen LogP contribution >= 0.6 is 0 Å². The van der Waals surface area contributed by atoms with Crippen molar-refractivity contribution < 1.29 is 14.4 Å². The van der Waals surface area contributed by atoms with E-state index >= 15 is 0 Å². The average Bonchev–Trinajstić information content (AvgIpc) is 2.97. The van der Waals surface area contributed by atoms with Crippen molar-refractivity contribution in [1.82, 2.24) is 15.2 Å². The standard InChI is InChI=1S/C15H17N3O3/c19-12-15(6-1-2-7-15)13(20)18(14(21)17-12)10-5-11-3-8-16-9-4-11/h3-4,8-9H,1-2,5-7,10H2,(H,17,19,21). The van der Waals surface area contributed by atoms with Gasteiger partial charge in [-0.25, -0.2) is 4.79 Å². The highest BCUT2D eigenvalue weighted by Gasteiger charge is 2.54. The molecule has 1 saturated heterocycles. The highest BCUT2D eigenvalue weighted by molar-refractivity contribution is 6.19. The zero-order valence-electron chi connectivity index (χ0n) is 11.7. The number of amides is 4. The summed E-state index contributed by atoms with van der Waals surface area (Å²) in [6.07, 6.45) is 6.70. The summed E-state index contributed by atoms with van der Waals surface area (Å²) < 4.78 is 0. The van der Waals surface area contributed by atoms with Crippen LogP contribution in [-0.4, -0.2) is 34.3 Å². The van der Waals surface area contributed by atoms with E-state index in [1.165, 1.54) is 4.90 Å². The third-order valence-electron chi connectivity index (χ3n) is 4.39. The molecule has 0 unspecified atom stereocenters. The predicted molar refractivity (Wildman–Crippen MR) is 74.1 cm³/mol. The second-order valence-corrected chi connectivity index (χ2v) is 5.61. The molecule has 1 N–H and O–H groups in total. The van der Waals surface area contributed by atoms with Crippen molar-refractivity contribution in [3.63, 3.8) is 0 Å². The fraction of sp³-hybridized carbons (Fsp3) is 0.467. The topological polar surface area (TPSA) is 79.4 Å². The summed E-state index contributed by atoms with van der Waals surface area (Å²) in [6, 6.07) is 3.10. The Kier molecular flexibility index (Phi) is 3.45. The molecule has 6 nitrogen and oxygen atoms in total. The van der Waals surface area contributed by atoms with Gasteiger partial charge in [-0.15, -0.1) is 0 Å². The molecule has 1 aromatic rings. The zero-order valence-corrected chi connectivity index (χ0v) is 11.7. The van der Waals surface area contributed by atoms with E-state index < -0.39 is 17.4 Å². The molecule has 3 rings (SSSR count). The molecule has 2 aliphatic rings. The van der Waals surface area contributed by atoms with Crippen molar-refractivity contribution in [3.8, 4) is 0 Å². The quantitative estimate of drug-likeness (QED) is 0.849. The Morgan fingerprint density at radius 2 is 1.81 bits per heavy atom. The van der Waals surface area contributed by atoms with Crippen LogP contribution in [0.5, 0.6) is 0 Å². The fourth-order valence-electron chi connectivity index (χ4n) is 3.14. The number of nitrogens with zero attached hydrogens (tertiary/aromatic N) is 2. The van der Waals surface area contributed by atoms with E-state index in [0.29, 0.717) is 19.3 Å². The van der Waals surface area contributed by atoms with Crippen molar-refractivity contribution in [2.75, 3.05) is 6.54 Å². The van der Waals surface area contributed by atoms with Crippen LogP contribution in [0, 0.1) is 5.41 Å². The van der Waals surface area contributed by atoms with Gasteiger partial charge >= 0.3 is 6.03 Å². The molecule has 110 valence electrons. The lowest BCUT2D eigenvalue weighted by Gasteiger charge is -2.36. The Labute approximate surface area is 122 Å². The van der Waals surface area contributed by atoms with E-state index in [1.54, 1.807) is 12.4 Å². The molecule has 2 fully saturated rings. The van der Waals surface area contributed by atoms with Crippen molar-refractivity contribution in [2.45, 2.75) is 32.1 Å². The van der Waals surface area contributed by atoms with E-state index in [0.717, 1.165) is 18.4 Å². The lowest BCUT2D eigenvalue weighted by atomic mass is 9.82. The Morgan fingerprint density at radius 3 is 2.48 bits per heavy atom. The molecule has 1 saturated carbocycles. The fourth-order valence-corrected chi connectivity index (χ4v) is 3.14. The van der Waals surface area contributed by atoms with Gasteiger partial charge in [-0.2, -0.15) is 0 Å². The maximum absolute atomic E-state index is 12.6. The minimum Gasteiger partial charge on any atom is -0.277 e. The third kappa shape index (κ3) is 2.30. The second-order valence-electron chi connectivity index (χ2n) is 5.61. The molecule has 0 bridgehead atoms. The highest BCUT2D eigenvalue weighted by atomic mass is 16.2. The summed E-state index contributed by atoms with van der Waals surface area (Å²) in [5.74, 6) is -0.752. The second kappa shape index (κ2) is 5.27. The van der Waals surface area contributed by atoms with Crippen LogP contribution in [0.2, 0.25) is 0 Å². The van der Waals surface area contributed by atoms with Gasteiger partial charge in [-0.3, -0.25) is 24.8 Å². The summed E-state index contributed by atoms with van der Waals surface area (Å²) in [4.78, 5) is 41.8. The van der Waals surface area contributed by atoms with Crippen LogP contribution in [0.1, 0.15) is 31.2 Å². The largest absolute Gasteiger partial charge is 0.330 e. The first-order chi connectivity index (χ1) is 10.1. The summed E-state index contributed by atoms with van der Waals surface area (Å²) in [7, 11) is 0. The van der Waals surface area contributed by atoms with Crippen LogP contribution in [0.25, 0.3) is 0 Å². The maximum atomic E-state index is 12.6. The third-order valence-corrected chi connectivity index (χ3v) is 4.39.